The lowest BCUT2D eigenvalue weighted by atomic mass is 10.2. The Balaban J connectivity index is 1.72. The number of nitrogens with two attached hydrogens (primary N) is 1. The summed E-state index contributed by atoms with van der Waals surface area (Å²) >= 11 is 1.67. The Hall–Kier alpha value is -2.04. The van der Waals surface area contributed by atoms with Gasteiger partial charge in [0.05, 0.1) is 4.90 Å². The highest BCUT2D eigenvalue weighted by molar-refractivity contribution is 7.98. The molecule has 2 aromatic rings. The molecule has 1 aliphatic rings. The number of rotatable bonds is 6. The van der Waals surface area contributed by atoms with Crippen LogP contribution < -0.4 is 17.0 Å². The van der Waals surface area contributed by atoms with Gasteiger partial charge in [0.1, 0.15) is 0 Å². The van der Waals surface area contributed by atoms with Crippen LogP contribution in [0.3, 0.4) is 0 Å². The summed E-state index contributed by atoms with van der Waals surface area (Å²) in [5.41, 5.74) is 6.76. The molecule has 0 atom stereocenters. The summed E-state index contributed by atoms with van der Waals surface area (Å²) in [7, 11) is -2.11. The molecule has 0 amide bonds. The molecular weight excluding hydrogens is 388 g/mol. The lowest BCUT2D eigenvalue weighted by Crippen LogP contribution is -2.37. The van der Waals surface area contributed by atoms with E-state index in [1.807, 2.05) is 0 Å². The van der Waals surface area contributed by atoms with Crippen molar-refractivity contribution in [3.63, 3.8) is 0 Å². The minimum Gasteiger partial charge on any atom is -0.399 e. The van der Waals surface area contributed by atoms with Gasteiger partial charge in [-0.3, -0.25) is 14.3 Å². The number of nitrogens with zero attached hydrogens (tertiary/aromatic N) is 2. The third-order valence-corrected chi connectivity index (χ3v) is 7.44. The van der Waals surface area contributed by atoms with E-state index in [1.165, 1.54) is 23.5 Å². The molecule has 0 aliphatic carbocycles. The molecule has 0 saturated heterocycles. The molecule has 27 heavy (non-hydrogen) atoms. The topological polar surface area (TPSA) is 118 Å². The molecule has 0 unspecified atom stereocenters. The number of nitrogens with one attached hydrogen (secondary N) is 1. The third-order valence-electron chi connectivity index (χ3n) is 4.59. The van der Waals surface area contributed by atoms with Crippen LogP contribution in [0, 0.1) is 0 Å². The van der Waals surface area contributed by atoms with Crippen molar-refractivity contribution in [1.82, 2.24) is 13.9 Å². The van der Waals surface area contributed by atoms with E-state index < -0.39 is 15.7 Å². The molecule has 0 spiro atoms. The summed E-state index contributed by atoms with van der Waals surface area (Å²) in [5, 5.41) is 0. The van der Waals surface area contributed by atoms with E-state index in [0.29, 0.717) is 36.4 Å². The monoisotopic (exact) mass is 410 g/mol. The standard InChI is InChI=1S/C17H22N4O4S2/c1-20(27(24,25)13-5-3-12(18)4-6-13)8-2-9-21-15-7-10-26-11-14(15)16(22)19-17(21)23/h3-6H,2,7-11,18H2,1H3,(H,19,22,23). The largest absolute Gasteiger partial charge is 0.399 e. The SMILES string of the molecule is CN(CCCn1c2c(c(=O)[nH]c1=O)CSCC2)S(=O)(=O)c1ccc(N)cc1. The number of benzene rings is 1. The molecule has 0 saturated carbocycles. The second-order valence-corrected chi connectivity index (χ2v) is 9.54. The lowest BCUT2D eigenvalue weighted by Gasteiger charge is -2.21. The van der Waals surface area contributed by atoms with Crippen molar-refractivity contribution in [1.29, 1.82) is 0 Å². The number of hydrogen-bond donors (Lipinski definition) is 2. The number of nitrogen functional groups attached to an aromatic ring is 1. The second kappa shape index (κ2) is 7.91. The maximum absolute atomic E-state index is 12.6. The van der Waals surface area contributed by atoms with E-state index >= 15 is 0 Å². The van der Waals surface area contributed by atoms with E-state index in [0.717, 1.165) is 11.4 Å². The molecule has 0 bridgehead atoms. The van der Waals surface area contributed by atoms with E-state index in [2.05, 4.69) is 4.98 Å². The van der Waals surface area contributed by atoms with Crippen molar-refractivity contribution in [2.75, 3.05) is 25.1 Å². The molecule has 1 aromatic carbocycles. The van der Waals surface area contributed by atoms with Crippen LogP contribution >= 0.6 is 11.8 Å². The lowest BCUT2D eigenvalue weighted by molar-refractivity contribution is 0.439. The van der Waals surface area contributed by atoms with Crippen molar-refractivity contribution >= 4 is 27.5 Å². The average Bonchev–Trinajstić information content (AvgIpc) is 2.64. The van der Waals surface area contributed by atoms with Crippen LogP contribution in [0.4, 0.5) is 5.69 Å². The zero-order valence-corrected chi connectivity index (χ0v) is 16.6. The average molecular weight is 411 g/mol. The smallest absolute Gasteiger partial charge is 0.328 e. The van der Waals surface area contributed by atoms with Crippen molar-refractivity contribution in [3.8, 4) is 0 Å². The van der Waals surface area contributed by atoms with Crippen LogP contribution in [-0.2, 0) is 28.7 Å². The fraction of sp³-hybridized carbons (Fsp3) is 0.412. The zero-order chi connectivity index (χ0) is 19.6. The van der Waals surface area contributed by atoms with Crippen molar-refractivity contribution in [2.24, 2.45) is 0 Å². The molecule has 0 radical (unpaired) electrons. The Labute approximate surface area is 161 Å². The van der Waals surface area contributed by atoms with Crippen LogP contribution in [0.5, 0.6) is 0 Å². The molecule has 1 aliphatic heterocycles. The first-order valence-electron chi connectivity index (χ1n) is 8.55. The maximum Gasteiger partial charge on any atom is 0.328 e. The number of aromatic nitrogens is 2. The van der Waals surface area contributed by atoms with Crippen LogP contribution in [0.25, 0.3) is 0 Å². The minimum atomic E-state index is -3.62. The second-order valence-electron chi connectivity index (χ2n) is 6.39. The number of thioether (sulfide) groups is 1. The molecule has 10 heteroatoms. The summed E-state index contributed by atoms with van der Waals surface area (Å²) in [4.78, 5) is 26.7. The summed E-state index contributed by atoms with van der Waals surface area (Å²) in [6, 6.07) is 6.04. The zero-order valence-electron chi connectivity index (χ0n) is 15.0. The van der Waals surface area contributed by atoms with E-state index in [-0.39, 0.29) is 17.0 Å². The van der Waals surface area contributed by atoms with Gasteiger partial charge in [-0.25, -0.2) is 17.5 Å². The summed E-state index contributed by atoms with van der Waals surface area (Å²) in [6.45, 7) is 0.603. The summed E-state index contributed by atoms with van der Waals surface area (Å²) < 4.78 is 28.0. The Kier molecular flexibility index (Phi) is 5.78. The molecule has 3 N–H and O–H groups in total. The molecule has 146 valence electrons. The highest BCUT2D eigenvalue weighted by atomic mass is 32.2. The van der Waals surface area contributed by atoms with Crippen LogP contribution in [0.2, 0.25) is 0 Å². The first-order valence-corrected chi connectivity index (χ1v) is 11.1. The Bertz CT molecular complexity index is 1040. The van der Waals surface area contributed by atoms with Gasteiger partial charge in [-0.2, -0.15) is 11.8 Å². The van der Waals surface area contributed by atoms with Gasteiger partial charge in [0.15, 0.2) is 0 Å². The van der Waals surface area contributed by atoms with Crippen LogP contribution in [0.15, 0.2) is 38.8 Å². The van der Waals surface area contributed by atoms with Gasteiger partial charge in [-0.1, -0.05) is 0 Å². The van der Waals surface area contributed by atoms with Crippen molar-refractivity contribution < 1.29 is 8.42 Å². The maximum atomic E-state index is 12.6. The number of sulfonamides is 1. The van der Waals surface area contributed by atoms with Gasteiger partial charge >= 0.3 is 5.69 Å². The van der Waals surface area contributed by atoms with Gasteiger partial charge in [-0.15, -0.1) is 0 Å². The molecule has 3 rings (SSSR count). The van der Waals surface area contributed by atoms with Gasteiger partial charge in [0.2, 0.25) is 10.0 Å². The molecular formula is C17H22N4O4S2. The first-order chi connectivity index (χ1) is 12.8. The predicted octanol–water partition coefficient (Wildman–Crippen LogP) is 0.619. The van der Waals surface area contributed by atoms with Crippen molar-refractivity contribution in [2.45, 2.75) is 30.0 Å². The van der Waals surface area contributed by atoms with Gasteiger partial charge in [-0.05, 0) is 42.9 Å². The predicted molar refractivity (Wildman–Crippen MR) is 106 cm³/mol. The fourth-order valence-electron chi connectivity index (χ4n) is 3.06. The van der Waals surface area contributed by atoms with Gasteiger partial charge < -0.3 is 5.73 Å². The number of hydrogen-bond acceptors (Lipinski definition) is 6. The normalized spacial score (nSPS) is 14.3. The quantitative estimate of drug-likeness (QED) is 0.674. The Morgan fingerprint density at radius 1 is 1.26 bits per heavy atom. The fourth-order valence-corrected chi connectivity index (χ4v) is 5.26. The van der Waals surface area contributed by atoms with Gasteiger partial charge in [0.25, 0.3) is 5.56 Å². The van der Waals surface area contributed by atoms with E-state index in [4.69, 9.17) is 5.73 Å². The van der Waals surface area contributed by atoms with Crippen molar-refractivity contribution in [3.05, 3.63) is 56.4 Å². The first kappa shape index (κ1) is 19.7. The third kappa shape index (κ3) is 4.12. The van der Waals surface area contributed by atoms with Crippen LogP contribution in [0.1, 0.15) is 17.7 Å². The van der Waals surface area contributed by atoms with E-state index in [1.54, 1.807) is 28.5 Å². The Morgan fingerprint density at radius 2 is 1.96 bits per heavy atom. The number of aromatic amines is 1. The van der Waals surface area contributed by atoms with Crippen LogP contribution in [-0.4, -0.2) is 41.6 Å². The highest BCUT2D eigenvalue weighted by Gasteiger charge is 2.21. The number of anilines is 1. The van der Waals surface area contributed by atoms with Gasteiger partial charge in [0, 0.05) is 42.8 Å². The number of H-pyrrole nitrogens is 1. The molecule has 8 nitrogen and oxygen atoms in total. The highest BCUT2D eigenvalue weighted by Crippen LogP contribution is 2.21. The summed E-state index contributed by atoms with van der Waals surface area (Å²) in [6.07, 6.45) is 1.12. The number of fused-ring (bicyclic) bond motifs is 1. The molecule has 2 heterocycles. The Morgan fingerprint density at radius 3 is 2.67 bits per heavy atom. The van der Waals surface area contributed by atoms with E-state index in [9.17, 15) is 18.0 Å². The molecule has 1 aromatic heterocycles. The minimum absolute atomic E-state index is 0.176. The molecule has 0 fully saturated rings. The summed E-state index contributed by atoms with van der Waals surface area (Å²) in [5.74, 6) is 1.46.